The van der Waals surface area contributed by atoms with Crippen LogP contribution in [0, 0.1) is 18.8 Å². The molecule has 1 atom stereocenters. The molecule has 1 amide bonds. The van der Waals surface area contributed by atoms with Crippen LogP contribution in [0.1, 0.15) is 45.6 Å². The van der Waals surface area contributed by atoms with Gasteiger partial charge in [0, 0.05) is 35.1 Å². The van der Waals surface area contributed by atoms with Gasteiger partial charge < -0.3 is 9.88 Å². The molecular formula is C23H19N5O2. The van der Waals surface area contributed by atoms with E-state index in [1.807, 2.05) is 41.8 Å². The summed E-state index contributed by atoms with van der Waals surface area (Å²) in [5.74, 6) is 5.34. The lowest BCUT2D eigenvalue weighted by molar-refractivity contribution is 0.0949. The Kier molecular flexibility index (Phi) is 5.01. The van der Waals surface area contributed by atoms with Gasteiger partial charge in [0.15, 0.2) is 0 Å². The number of hydrogen-bond acceptors (Lipinski definition) is 3. The number of pyridine rings is 1. The summed E-state index contributed by atoms with van der Waals surface area (Å²) < 4.78 is 1.81. The highest BCUT2D eigenvalue weighted by Gasteiger charge is 2.27. The van der Waals surface area contributed by atoms with E-state index in [1.165, 1.54) is 0 Å². The molecule has 3 aromatic rings. The van der Waals surface area contributed by atoms with Crippen molar-refractivity contribution in [3.05, 3.63) is 91.1 Å². The van der Waals surface area contributed by atoms with E-state index in [4.69, 9.17) is 5.53 Å². The van der Waals surface area contributed by atoms with Crippen molar-refractivity contribution >= 4 is 16.8 Å². The third-order valence-corrected chi connectivity index (χ3v) is 5.21. The highest BCUT2D eigenvalue weighted by Crippen LogP contribution is 2.35. The first-order valence-corrected chi connectivity index (χ1v) is 9.53. The third-order valence-electron chi connectivity index (χ3n) is 5.21. The molecule has 1 aliphatic rings. The second-order valence-corrected chi connectivity index (χ2v) is 7.25. The lowest BCUT2D eigenvalue weighted by Crippen LogP contribution is -2.29. The van der Waals surface area contributed by atoms with Crippen molar-refractivity contribution in [3.63, 3.8) is 0 Å². The SMILES string of the molecule is CC#Cc1cc2c3c(c1)c(=O)c(C(=O)NCc1ccc(C)cc1)cn3CC2N=[N+]=[N-]. The number of amides is 1. The molecule has 0 saturated heterocycles. The van der Waals surface area contributed by atoms with Crippen LogP contribution in [-0.2, 0) is 13.1 Å². The number of carbonyl (C=O) groups excluding carboxylic acids is 1. The molecule has 1 unspecified atom stereocenters. The summed E-state index contributed by atoms with van der Waals surface area (Å²) in [6.45, 7) is 4.40. The first-order chi connectivity index (χ1) is 14.5. The molecule has 2 aromatic carbocycles. The normalized spacial score (nSPS) is 14.0. The van der Waals surface area contributed by atoms with Crippen LogP contribution in [0.4, 0.5) is 0 Å². The van der Waals surface area contributed by atoms with Gasteiger partial charge in [-0.05, 0) is 42.6 Å². The van der Waals surface area contributed by atoms with Crippen molar-refractivity contribution in [2.24, 2.45) is 5.11 Å². The summed E-state index contributed by atoms with van der Waals surface area (Å²) in [6.07, 6.45) is 1.55. The van der Waals surface area contributed by atoms with Crippen LogP contribution in [0.3, 0.4) is 0 Å². The second-order valence-electron chi connectivity index (χ2n) is 7.25. The first-order valence-electron chi connectivity index (χ1n) is 9.53. The molecular weight excluding hydrogens is 378 g/mol. The summed E-state index contributed by atoms with van der Waals surface area (Å²) in [7, 11) is 0. The van der Waals surface area contributed by atoms with Crippen LogP contribution in [0.15, 0.2) is 52.5 Å². The largest absolute Gasteiger partial charge is 0.348 e. The second kappa shape index (κ2) is 7.78. The number of aromatic nitrogens is 1. The van der Waals surface area contributed by atoms with Gasteiger partial charge in [0.05, 0.1) is 11.6 Å². The molecule has 0 spiro atoms. The summed E-state index contributed by atoms with van der Waals surface area (Å²) in [5.41, 5.74) is 12.8. The molecule has 7 nitrogen and oxygen atoms in total. The minimum absolute atomic E-state index is 0.0590. The van der Waals surface area contributed by atoms with E-state index in [1.54, 1.807) is 19.2 Å². The number of rotatable bonds is 4. The highest BCUT2D eigenvalue weighted by atomic mass is 16.2. The van der Waals surface area contributed by atoms with Crippen molar-refractivity contribution in [1.82, 2.24) is 9.88 Å². The number of benzene rings is 2. The number of azide groups is 1. The van der Waals surface area contributed by atoms with Crippen molar-refractivity contribution in [3.8, 4) is 11.8 Å². The molecule has 0 fully saturated rings. The molecule has 4 rings (SSSR count). The Morgan fingerprint density at radius 3 is 2.80 bits per heavy atom. The Bertz CT molecular complexity index is 1340. The number of nitrogens with one attached hydrogen (secondary N) is 1. The molecule has 0 saturated carbocycles. The number of nitrogens with zero attached hydrogens (tertiary/aromatic N) is 4. The topological polar surface area (TPSA) is 99.9 Å². The van der Waals surface area contributed by atoms with Gasteiger partial charge in [-0.15, -0.1) is 5.92 Å². The maximum Gasteiger partial charge on any atom is 0.257 e. The summed E-state index contributed by atoms with van der Waals surface area (Å²) in [4.78, 5) is 28.9. The Labute approximate surface area is 173 Å². The van der Waals surface area contributed by atoms with E-state index in [0.717, 1.165) is 16.7 Å². The van der Waals surface area contributed by atoms with E-state index in [9.17, 15) is 9.59 Å². The minimum Gasteiger partial charge on any atom is -0.348 e. The lowest BCUT2D eigenvalue weighted by Gasteiger charge is -2.10. The zero-order valence-corrected chi connectivity index (χ0v) is 16.6. The molecule has 1 N–H and O–H groups in total. The number of hydrogen-bond donors (Lipinski definition) is 1. The van der Waals surface area contributed by atoms with Crippen molar-refractivity contribution in [2.45, 2.75) is 33.0 Å². The molecule has 7 heteroatoms. The van der Waals surface area contributed by atoms with E-state index >= 15 is 0 Å². The highest BCUT2D eigenvalue weighted by molar-refractivity contribution is 5.98. The van der Waals surface area contributed by atoms with Gasteiger partial charge in [-0.25, -0.2) is 0 Å². The molecule has 2 heterocycles. The fourth-order valence-electron chi connectivity index (χ4n) is 3.78. The molecule has 30 heavy (non-hydrogen) atoms. The van der Waals surface area contributed by atoms with Crippen LogP contribution in [0.25, 0.3) is 21.3 Å². The number of aryl methyl sites for hydroxylation is 1. The van der Waals surface area contributed by atoms with Gasteiger partial charge in [0.1, 0.15) is 5.56 Å². The predicted molar refractivity (Wildman–Crippen MR) is 115 cm³/mol. The van der Waals surface area contributed by atoms with Crippen LogP contribution in [0.2, 0.25) is 0 Å². The Morgan fingerprint density at radius 2 is 2.10 bits per heavy atom. The van der Waals surface area contributed by atoms with Crippen LogP contribution in [-0.4, -0.2) is 10.5 Å². The van der Waals surface area contributed by atoms with E-state index in [0.29, 0.717) is 29.6 Å². The Morgan fingerprint density at radius 1 is 1.33 bits per heavy atom. The maximum atomic E-state index is 13.2. The fourth-order valence-corrected chi connectivity index (χ4v) is 3.78. The third kappa shape index (κ3) is 3.41. The first kappa shape index (κ1) is 19.3. The van der Waals surface area contributed by atoms with Crippen LogP contribution in [0.5, 0.6) is 0 Å². The van der Waals surface area contributed by atoms with Crippen molar-refractivity contribution < 1.29 is 4.79 Å². The molecule has 1 aromatic heterocycles. The van der Waals surface area contributed by atoms with E-state index < -0.39 is 11.9 Å². The van der Waals surface area contributed by atoms with Gasteiger partial charge >= 0.3 is 0 Å². The maximum absolute atomic E-state index is 13.2. The molecule has 0 aliphatic carbocycles. The van der Waals surface area contributed by atoms with E-state index in [2.05, 4.69) is 27.2 Å². The lowest BCUT2D eigenvalue weighted by atomic mass is 10.0. The standard InChI is InChI=1S/C23H19N5O2/c1-3-4-16-9-17-20(26-27-24)13-28-12-19(22(29)18(10-16)21(17)28)23(30)25-11-15-7-5-14(2)6-8-15/h5-10,12,20H,11,13H2,1-2H3,(H,25,30). The summed E-state index contributed by atoms with van der Waals surface area (Å²) in [6, 6.07) is 10.9. The molecule has 0 radical (unpaired) electrons. The van der Waals surface area contributed by atoms with Crippen LogP contribution < -0.4 is 10.7 Å². The smallest absolute Gasteiger partial charge is 0.257 e. The van der Waals surface area contributed by atoms with Crippen molar-refractivity contribution in [1.29, 1.82) is 0 Å². The predicted octanol–water partition coefficient (Wildman–Crippen LogP) is 3.98. The fraction of sp³-hybridized carbons (Fsp3) is 0.217. The molecule has 1 aliphatic heterocycles. The average Bonchev–Trinajstić information content (AvgIpc) is 3.08. The summed E-state index contributed by atoms with van der Waals surface area (Å²) in [5, 5.41) is 7.09. The quantitative estimate of drug-likeness (QED) is 0.312. The Balaban J connectivity index is 1.76. The van der Waals surface area contributed by atoms with Crippen molar-refractivity contribution in [2.75, 3.05) is 0 Å². The zero-order valence-electron chi connectivity index (χ0n) is 16.6. The van der Waals surface area contributed by atoms with Crippen LogP contribution >= 0.6 is 0 Å². The Hall–Kier alpha value is -4.01. The van der Waals surface area contributed by atoms with Gasteiger partial charge in [0.25, 0.3) is 5.91 Å². The minimum atomic E-state index is -0.443. The zero-order chi connectivity index (χ0) is 21.3. The monoisotopic (exact) mass is 397 g/mol. The number of carbonyl (C=O) groups is 1. The van der Waals surface area contributed by atoms with Gasteiger partial charge in [0.2, 0.25) is 5.43 Å². The molecule has 0 bridgehead atoms. The molecule has 148 valence electrons. The van der Waals surface area contributed by atoms with Gasteiger partial charge in [-0.1, -0.05) is 40.9 Å². The average molecular weight is 397 g/mol. The van der Waals surface area contributed by atoms with Gasteiger partial charge in [-0.3, -0.25) is 9.59 Å². The van der Waals surface area contributed by atoms with E-state index in [-0.39, 0.29) is 11.0 Å². The summed E-state index contributed by atoms with van der Waals surface area (Å²) >= 11 is 0. The van der Waals surface area contributed by atoms with Gasteiger partial charge in [-0.2, -0.15) is 0 Å².